The molecule has 5 heteroatoms. The van der Waals surface area contributed by atoms with Crippen LogP contribution in [-0.2, 0) is 14.3 Å². The fourth-order valence-corrected chi connectivity index (χ4v) is 1.83. The molecule has 0 saturated heterocycles. The van der Waals surface area contributed by atoms with E-state index in [0.29, 0.717) is 25.7 Å². The second kappa shape index (κ2) is 10.2. The Morgan fingerprint density at radius 2 is 1.89 bits per heavy atom. The Bertz CT molecular complexity index is 239. The smallest absolute Gasteiger partial charge is 0.220 e. The van der Waals surface area contributed by atoms with Crippen molar-refractivity contribution >= 4 is 5.91 Å². The van der Waals surface area contributed by atoms with Crippen molar-refractivity contribution in [2.75, 3.05) is 26.3 Å². The molecule has 0 bridgehead atoms. The third-order valence-electron chi connectivity index (χ3n) is 2.96. The molecule has 1 saturated carbocycles. The van der Waals surface area contributed by atoms with Crippen LogP contribution in [0, 0.1) is 0 Å². The van der Waals surface area contributed by atoms with Gasteiger partial charge in [0.05, 0.1) is 0 Å². The topological polar surface area (TPSA) is 59.6 Å². The molecule has 1 amide bonds. The minimum atomic E-state index is -0.110. The van der Waals surface area contributed by atoms with Gasteiger partial charge in [-0.05, 0) is 46.2 Å². The zero-order valence-corrected chi connectivity index (χ0v) is 12.2. The summed E-state index contributed by atoms with van der Waals surface area (Å²) < 4.78 is 10.9. The molecule has 1 aliphatic rings. The summed E-state index contributed by atoms with van der Waals surface area (Å²) in [5.41, 5.74) is 0. The van der Waals surface area contributed by atoms with Gasteiger partial charge in [-0.15, -0.1) is 0 Å². The lowest BCUT2D eigenvalue weighted by molar-refractivity contribution is -0.138. The van der Waals surface area contributed by atoms with E-state index in [1.165, 1.54) is 0 Å². The molecule has 1 aliphatic carbocycles. The third kappa shape index (κ3) is 8.97. The highest BCUT2D eigenvalue weighted by molar-refractivity contribution is 5.76. The van der Waals surface area contributed by atoms with Crippen molar-refractivity contribution in [2.24, 2.45) is 0 Å². The first-order valence-corrected chi connectivity index (χ1v) is 7.49. The second-order valence-electron chi connectivity index (χ2n) is 4.82. The van der Waals surface area contributed by atoms with E-state index in [1.807, 2.05) is 13.8 Å². The van der Waals surface area contributed by atoms with Crippen LogP contribution in [0.3, 0.4) is 0 Å². The number of carbonyl (C=O) groups is 1. The van der Waals surface area contributed by atoms with Gasteiger partial charge in [0, 0.05) is 32.1 Å². The molecule has 0 aliphatic heterocycles. The van der Waals surface area contributed by atoms with E-state index in [1.54, 1.807) is 0 Å². The molecule has 0 atom stereocenters. The van der Waals surface area contributed by atoms with E-state index >= 15 is 0 Å². The molecule has 19 heavy (non-hydrogen) atoms. The molecule has 0 unspecified atom stereocenters. The average Bonchev–Trinajstić information content (AvgIpc) is 3.18. The first-order chi connectivity index (χ1) is 9.26. The lowest BCUT2D eigenvalue weighted by Gasteiger charge is -2.16. The fraction of sp³-hybridized carbons (Fsp3) is 0.929. The van der Waals surface area contributed by atoms with E-state index in [-0.39, 0.29) is 12.2 Å². The van der Waals surface area contributed by atoms with Crippen molar-refractivity contribution in [1.82, 2.24) is 10.6 Å². The predicted molar refractivity (Wildman–Crippen MR) is 74.9 cm³/mol. The Morgan fingerprint density at radius 1 is 1.21 bits per heavy atom. The van der Waals surface area contributed by atoms with Gasteiger partial charge in [0.25, 0.3) is 0 Å². The summed E-state index contributed by atoms with van der Waals surface area (Å²) in [6.07, 6.45) is 4.54. The zero-order valence-electron chi connectivity index (χ0n) is 12.2. The van der Waals surface area contributed by atoms with Gasteiger partial charge >= 0.3 is 0 Å². The van der Waals surface area contributed by atoms with Crippen LogP contribution in [0.4, 0.5) is 0 Å². The highest BCUT2D eigenvalue weighted by atomic mass is 16.7. The lowest BCUT2D eigenvalue weighted by atomic mass is 10.3. The molecule has 0 aromatic rings. The summed E-state index contributed by atoms with van der Waals surface area (Å²) in [7, 11) is 0. The summed E-state index contributed by atoms with van der Waals surface area (Å²) in [4.78, 5) is 11.4. The monoisotopic (exact) mass is 272 g/mol. The normalized spacial score (nSPS) is 14.9. The molecular weight excluding hydrogens is 244 g/mol. The molecule has 0 heterocycles. The number of rotatable bonds is 12. The Hall–Kier alpha value is -0.650. The first-order valence-electron chi connectivity index (χ1n) is 7.49. The van der Waals surface area contributed by atoms with Gasteiger partial charge in [-0.25, -0.2) is 0 Å². The summed E-state index contributed by atoms with van der Waals surface area (Å²) >= 11 is 0. The fourth-order valence-electron chi connectivity index (χ4n) is 1.83. The minimum absolute atomic E-state index is 0.110. The molecule has 0 aromatic carbocycles. The van der Waals surface area contributed by atoms with Crippen molar-refractivity contribution in [3.05, 3.63) is 0 Å². The van der Waals surface area contributed by atoms with Crippen LogP contribution in [0.25, 0.3) is 0 Å². The maximum Gasteiger partial charge on any atom is 0.220 e. The number of hydrogen-bond acceptors (Lipinski definition) is 4. The van der Waals surface area contributed by atoms with Crippen molar-refractivity contribution in [2.45, 2.75) is 58.3 Å². The summed E-state index contributed by atoms with van der Waals surface area (Å²) in [5.74, 6) is 0.186. The number of carbonyl (C=O) groups excluding carboxylic acids is 1. The van der Waals surface area contributed by atoms with Crippen LogP contribution < -0.4 is 10.6 Å². The van der Waals surface area contributed by atoms with Gasteiger partial charge < -0.3 is 20.1 Å². The van der Waals surface area contributed by atoms with E-state index in [2.05, 4.69) is 10.6 Å². The second-order valence-corrected chi connectivity index (χ2v) is 4.82. The van der Waals surface area contributed by atoms with Crippen LogP contribution in [0.2, 0.25) is 0 Å². The average molecular weight is 272 g/mol. The molecule has 2 N–H and O–H groups in total. The highest BCUT2D eigenvalue weighted by Crippen LogP contribution is 2.18. The maximum absolute atomic E-state index is 11.4. The molecule has 112 valence electrons. The number of nitrogens with one attached hydrogen (secondary N) is 2. The minimum Gasteiger partial charge on any atom is -0.353 e. The first kappa shape index (κ1) is 16.4. The number of amides is 1. The van der Waals surface area contributed by atoms with E-state index in [0.717, 1.165) is 38.8 Å². The summed E-state index contributed by atoms with van der Waals surface area (Å²) in [5, 5.41) is 6.31. The Morgan fingerprint density at radius 3 is 2.47 bits per heavy atom. The van der Waals surface area contributed by atoms with Gasteiger partial charge in [-0.2, -0.15) is 0 Å². The van der Waals surface area contributed by atoms with Crippen LogP contribution in [0.1, 0.15) is 46.0 Å². The molecule has 0 aromatic heterocycles. The molecule has 1 fully saturated rings. The van der Waals surface area contributed by atoms with E-state index in [9.17, 15) is 4.79 Å². The van der Waals surface area contributed by atoms with Gasteiger partial charge in [-0.3, -0.25) is 4.79 Å². The SMILES string of the molecule is CCOC(CCNCCCC(=O)NC1CC1)OCC. The van der Waals surface area contributed by atoms with Crippen molar-refractivity contribution in [1.29, 1.82) is 0 Å². The summed E-state index contributed by atoms with van der Waals surface area (Å²) in [6, 6.07) is 0.471. The largest absolute Gasteiger partial charge is 0.353 e. The lowest BCUT2D eigenvalue weighted by Crippen LogP contribution is -2.28. The Balaban J connectivity index is 1.89. The quantitative estimate of drug-likeness (QED) is 0.417. The van der Waals surface area contributed by atoms with Crippen LogP contribution >= 0.6 is 0 Å². The van der Waals surface area contributed by atoms with Crippen LogP contribution in [0.5, 0.6) is 0 Å². The van der Waals surface area contributed by atoms with Crippen LogP contribution in [0.15, 0.2) is 0 Å². The Kier molecular flexibility index (Phi) is 8.79. The zero-order chi connectivity index (χ0) is 13.9. The molecule has 5 nitrogen and oxygen atoms in total. The van der Waals surface area contributed by atoms with Gasteiger partial charge in [-0.1, -0.05) is 0 Å². The van der Waals surface area contributed by atoms with Gasteiger partial charge in [0.2, 0.25) is 5.91 Å². The third-order valence-corrected chi connectivity index (χ3v) is 2.96. The molecule has 1 rings (SSSR count). The van der Waals surface area contributed by atoms with E-state index < -0.39 is 0 Å². The highest BCUT2D eigenvalue weighted by Gasteiger charge is 2.22. The molecule has 0 radical (unpaired) electrons. The van der Waals surface area contributed by atoms with Crippen molar-refractivity contribution < 1.29 is 14.3 Å². The van der Waals surface area contributed by atoms with Crippen LogP contribution in [-0.4, -0.2) is 44.5 Å². The molecule has 0 spiro atoms. The predicted octanol–water partition coefficient (Wildman–Crippen LogP) is 1.42. The summed E-state index contributed by atoms with van der Waals surface area (Å²) in [6.45, 7) is 7.01. The van der Waals surface area contributed by atoms with Crippen molar-refractivity contribution in [3.8, 4) is 0 Å². The van der Waals surface area contributed by atoms with Gasteiger partial charge in [0.1, 0.15) is 0 Å². The van der Waals surface area contributed by atoms with Gasteiger partial charge in [0.15, 0.2) is 6.29 Å². The van der Waals surface area contributed by atoms with E-state index in [4.69, 9.17) is 9.47 Å². The number of hydrogen-bond donors (Lipinski definition) is 2. The molecular formula is C14H28N2O3. The van der Waals surface area contributed by atoms with Crippen molar-refractivity contribution in [3.63, 3.8) is 0 Å². The Labute approximate surface area is 116 Å². The maximum atomic E-state index is 11.4. The number of ether oxygens (including phenoxy) is 2. The standard InChI is InChI=1S/C14H28N2O3/c1-3-18-14(19-4-2)9-11-15-10-5-6-13(17)16-12-7-8-12/h12,14-15H,3-11H2,1-2H3,(H,16,17).